The third-order valence-electron chi connectivity index (χ3n) is 2.59. The topological polar surface area (TPSA) is 20.3 Å². The second-order valence-corrected chi connectivity index (χ2v) is 5.53. The highest BCUT2D eigenvalue weighted by atomic mass is 32.1. The molecule has 0 radical (unpaired) electrons. The number of amides is 1. The molecule has 3 heteroatoms. The first-order chi connectivity index (χ1) is 7.66. The lowest BCUT2D eigenvalue weighted by molar-refractivity contribution is -0.127. The van der Waals surface area contributed by atoms with Crippen LogP contribution in [0.3, 0.4) is 0 Å². The Morgan fingerprint density at radius 2 is 2.31 bits per heavy atom. The van der Waals surface area contributed by atoms with Gasteiger partial charge in [-0.25, -0.2) is 0 Å². The minimum absolute atomic E-state index is 0.163. The molecular weight excluding hydrogens is 218 g/mol. The number of carbonyl (C=O) groups is 1. The lowest BCUT2D eigenvalue weighted by Crippen LogP contribution is -2.30. The monoisotopic (exact) mass is 235 g/mol. The number of nitrogens with zero attached hydrogens (tertiary/aromatic N) is 1. The summed E-state index contributed by atoms with van der Waals surface area (Å²) in [6.07, 6.45) is 4.06. The second kappa shape index (κ2) is 4.83. The summed E-state index contributed by atoms with van der Waals surface area (Å²) in [6.45, 7) is 4.70. The molecule has 1 aromatic rings. The SMILES string of the molecule is CC(C)=CC(=O)N(Cc1cccs1)C1CC1. The molecule has 0 bridgehead atoms. The van der Waals surface area contributed by atoms with Gasteiger partial charge in [-0.15, -0.1) is 11.3 Å². The van der Waals surface area contributed by atoms with Gasteiger partial charge in [0.05, 0.1) is 6.54 Å². The third kappa shape index (κ3) is 2.95. The zero-order chi connectivity index (χ0) is 11.5. The first-order valence-electron chi connectivity index (χ1n) is 5.64. The van der Waals surface area contributed by atoms with Crippen LogP contribution in [0.25, 0.3) is 0 Å². The summed E-state index contributed by atoms with van der Waals surface area (Å²) in [5.74, 6) is 0.163. The number of thiophene rings is 1. The van der Waals surface area contributed by atoms with Crippen LogP contribution in [0.5, 0.6) is 0 Å². The zero-order valence-corrected chi connectivity index (χ0v) is 10.6. The van der Waals surface area contributed by atoms with Gasteiger partial charge in [0.2, 0.25) is 5.91 Å². The standard InChI is InChI=1S/C13H17NOS/c1-10(2)8-13(15)14(11-5-6-11)9-12-4-3-7-16-12/h3-4,7-8,11H,5-6,9H2,1-2H3. The Bertz CT molecular complexity index is 386. The summed E-state index contributed by atoms with van der Waals surface area (Å²) in [5.41, 5.74) is 1.07. The van der Waals surface area contributed by atoms with Gasteiger partial charge in [0.15, 0.2) is 0 Å². The number of carbonyl (C=O) groups excluding carboxylic acids is 1. The Morgan fingerprint density at radius 3 is 2.81 bits per heavy atom. The van der Waals surface area contributed by atoms with E-state index in [9.17, 15) is 4.79 Å². The smallest absolute Gasteiger partial charge is 0.247 e. The van der Waals surface area contributed by atoms with Crippen molar-refractivity contribution in [1.29, 1.82) is 0 Å². The highest BCUT2D eigenvalue weighted by Gasteiger charge is 2.31. The lowest BCUT2D eigenvalue weighted by atomic mass is 10.3. The molecule has 0 unspecified atom stereocenters. The predicted octanol–water partition coefficient (Wildman–Crippen LogP) is 3.21. The molecule has 16 heavy (non-hydrogen) atoms. The maximum Gasteiger partial charge on any atom is 0.247 e. The zero-order valence-electron chi connectivity index (χ0n) is 9.77. The molecule has 1 heterocycles. The summed E-state index contributed by atoms with van der Waals surface area (Å²) in [4.78, 5) is 15.3. The van der Waals surface area contributed by atoms with E-state index in [-0.39, 0.29) is 5.91 Å². The summed E-state index contributed by atoms with van der Waals surface area (Å²) in [7, 11) is 0. The minimum Gasteiger partial charge on any atom is -0.331 e. The second-order valence-electron chi connectivity index (χ2n) is 4.50. The van der Waals surface area contributed by atoms with Crippen molar-refractivity contribution >= 4 is 17.2 Å². The van der Waals surface area contributed by atoms with Gasteiger partial charge in [0.25, 0.3) is 0 Å². The first kappa shape index (κ1) is 11.4. The molecule has 0 saturated heterocycles. The van der Waals surface area contributed by atoms with Crippen LogP contribution in [0.4, 0.5) is 0 Å². The van der Waals surface area contributed by atoms with Gasteiger partial charge in [-0.05, 0) is 38.1 Å². The molecular formula is C13H17NOS. The number of rotatable bonds is 4. The van der Waals surface area contributed by atoms with Crippen LogP contribution in [0.15, 0.2) is 29.2 Å². The maximum absolute atomic E-state index is 12.0. The quantitative estimate of drug-likeness (QED) is 0.734. The lowest BCUT2D eigenvalue weighted by Gasteiger charge is -2.20. The molecule has 1 aliphatic rings. The van der Waals surface area contributed by atoms with Crippen molar-refractivity contribution in [2.75, 3.05) is 0 Å². The Balaban J connectivity index is 2.05. The van der Waals surface area contributed by atoms with Crippen molar-refractivity contribution < 1.29 is 4.79 Å². The van der Waals surface area contributed by atoms with E-state index in [0.29, 0.717) is 6.04 Å². The fourth-order valence-corrected chi connectivity index (χ4v) is 2.38. The summed E-state index contributed by atoms with van der Waals surface area (Å²) < 4.78 is 0. The van der Waals surface area contributed by atoms with E-state index >= 15 is 0 Å². The fraction of sp³-hybridized carbons (Fsp3) is 0.462. The van der Waals surface area contributed by atoms with Crippen molar-refractivity contribution in [2.24, 2.45) is 0 Å². The molecule has 0 aliphatic heterocycles. The van der Waals surface area contributed by atoms with Gasteiger partial charge in [-0.3, -0.25) is 4.79 Å². The molecule has 1 fully saturated rings. The Hall–Kier alpha value is -1.09. The van der Waals surface area contributed by atoms with E-state index in [4.69, 9.17) is 0 Å². The van der Waals surface area contributed by atoms with Crippen LogP contribution in [0.1, 0.15) is 31.6 Å². The van der Waals surface area contributed by atoms with E-state index in [1.807, 2.05) is 24.8 Å². The van der Waals surface area contributed by atoms with Gasteiger partial charge in [-0.1, -0.05) is 11.6 Å². The molecule has 0 spiro atoms. The maximum atomic E-state index is 12.0. The van der Waals surface area contributed by atoms with E-state index in [0.717, 1.165) is 25.0 Å². The predicted molar refractivity (Wildman–Crippen MR) is 67.3 cm³/mol. The third-order valence-corrected chi connectivity index (χ3v) is 3.45. The largest absolute Gasteiger partial charge is 0.331 e. The van der Waals surface area contributed by atoms with Crippen molar-refractivity contribution in [3.8, 4) is 0 Å². The van der Waals surface area contributed by atoms with Gasteiger partial charge in [0.1, 0.15) is 0 Å². The van der Waals surface area contributed by atoms with Crippen molar-refractivity contribution in [3.63, 3.8) is 0 Å². The Kier molecular flexibility index (Phi) is 3.44. The average Bonchev–Trinajstić information content (AvgIpc) is 2.91. The van der Waals surface area contributed by atoms with Gasteiger partial charge in [-0.2, -0.15) is 0 Å². The van der Waals surface area contributed by atoms with Crippen LogP contribution in [-0.4, -0.2) is 16.8 Å². The molecule has 2 nitrogen and oxygen atoms in total. The van der Waals surface area contributed by atoms with E-state index < -0.39 is 0 Å². The summed E-state index contributed by atoms with van der Waals surface area (Å²) in [5, 5.41) is 2.06. The molecule has 0 atom stereocenters. The molecule has 1 aromatic heterocycles. The van der Waals surface area contributed by atoms with Crippen LogP contribution < -0.4 is 0 Å². The highest BCUT2D eigenvalue weighted by molar-refractivity contribution is 7.09. The van der Waals surface area contributed by atoms with E-state index in [1.165, 1.54) is 4.88 Å². The van der Waals surface area contributed by atoms with Crippen molar-refractivity contribution in [2.45, 2.75) is 39.3 Å². The van der Waals surface area contributed by atoms with Crippen LogP contribution in [-0.2, 0) is 11.3 Å². The number of allylic oxidation sites excluding steroid dienone is 1. The Labute approximate surface area is 101 Å². The van der Waals surface area contributed by atoms with E-state index in [1.54, 1.807) is 17.4 Å². The molecule has 1 aliphatic carbocycles. The molecule has 86 valence electrons. The molecule has 0 aromatic carbocycles. The summed E-state index contributed by atoms with van der Waals surface area (Å²) >= 11 is 1.72. The van der Waals surface area contributed by atoms with Gasteiger partial charge < -0.3 is 4.90 Å². The minimum atomic E-state index is 0.163. The van der Waals surface area contributed by atoms with Crippen molar-refractivity contribution in [1.82, 2.24) is 4.90 Å². The molecule has 1 saturated carbocycles. The Morgan fingerprint density at radius 1 is 1.56 bits per heavy atom. The van der Waals surface area contributed by atoms with Gasteiger partial charge >= 0.3 is 0 Å². The van der Waals surface area contributed by atoms with Crippen molar-refractivity contribution in [3.05, 3.63) is 34.0 Å². The van der Waals surface area contributed by atoms with Gasteiger partial charge in [0, 0.05) is 17.0 Å². The first-order valence-corrected chi connectivity index (χ1v) is 6.52. The normalized spacial score (nSPS) is 14.6. The molecule has 1 amide bonds. The molecule has 2 rings (SSSR count). The number of hydrogen-bond donors (Lipinski definition) is 0. The fourth-order valence-electron chi connectivity index (χ4n) is 1.67. The highest BCUT2D eigenvalue weighted by Crippen LogP contribution is 2.29. The summed E-state index contributed by atoms with van der Waals surface area (Å²) in [6, 6.07) is 4.61. The van der Waals surface area contributed by atoms with Crippen LogP contribution in [0.2, 0.25) is 0 Å². The van der Waals surface area contributed by atoms with E-state index in [2.05, 4.69) is 11.4 Å². The van der Waals surface area contributed by atoms with Crippen LogP contribution >= 0.6 is 11.3 Å². The molecule has 0 N–H and O–H groups in total. The average molecular weight is 235 g/mol. The number of hydrogen-bond acceptors (Lipinski definition) is 2. The van der Waals surface area contributed by atoms with Crippen LogP contribution in [0, 0.1) is 0 Å².